The van der Waals surface area contributed by atoms with Crippen molar-refractivity contribution in [3.8, 4) is 21.1 Å². The number of hydrogen-bond donors (Lipinski definition) is 0. The Morgan fingerprint density at radius 2 is 1.24 bits per heavy atom. The van der Waals surface area contributed by atoms with Crippen LogP contribution >= 0.6 is 22.7 Å². The highest BCUT2D eigenvalue weighted by Crippen LogP contribution is 2.34. The van der Waals surface area contributed by atoms with Crippen molar-refractivity contribution in [2.45, 2.75) is 38.5 Å². The Hall–Kier alpha value is -4.82. The molecule has 11 nitrogen and oxygen atoms in total. The molecule has 5 aromatic rings. The lowest BCUT2D eigenvalue weighted by molar-refractivity contribution is 0.0733. The maximum absolute atomic E-state index is 12.9. The van der Waals surface area contributed by atoms with Crippen molar-refractivity contribution in [3.63, 3.8) is 0 Å². The van der Waals surface area contributed by atoms with Gasteiger partial charge >= 0.3 is 0 Å². The van der Waals surface area contributed by atoms with Crippen LogP contribution in [0.15, 0.2) is 61.2 Å². The summed E-state index contributed by atoms with van der Waals surface area (Å²) >= 11 is 2.84. The second-order valence-electron chi connectivity index (χ2n) is 12.9. The molecule has 0 atom stereocenters. The quantitative estimate of drug-likeness (QED) is 0.195. The molecule has 0 bridgehead atoms. The number of anilines is 3. The number of carbonyl (C=O) groups excluding carboxylic acids is 2. The van der Waals surface area contributed by atoms with Crippen molar-refractivity contribution in [2.24, 2.45) is 0 Å². The van der Waals surface area contributed by atoms with Crippen LogP contribution in [0.25, 0.3) is 21.1 Å². The molecule has 0 N–H and O–H groups in total. The normalized spacial score (nSPS) is 17.0. The molecule has 0 radical (unpaired) electrons. The number of thiazole rings is 2. The summed E-state index contributed by atoms with van der Waals surface area (Å²) in [5, 5.41) is 1.68. The largest absolute Gasteiger partial charge is 0.357 e. The van der Waals surface area contributed by atoms with Gasteiger partial charge in [0, 0.05) is 88.4 Å². The average molecular weight is 724 g/mol. The minimum Gasteiger partial charge on any atom is -0.357 e. The van der Waals surface area contributed by atoms with Crippen molar-refractivity contribution in [3.05, 3.63) is 82.3 Å². The summed E-state index contributed by atoms with van der Waals surface area (Å²) < 4.78 is 12.5. The van der Waals surface area contributed by atoms with Crippen LogP contribution in [0.4, 0.5) is 21.7 Å². The minimum atomic E-state index is -0.505. The van der Waals surface area contributed by atoms with E-state index in [0.717, 1.165) is 87.3 Å². The van der Waals surface area contributed by atoms with Crippen molar-refractivity contribution in [2.75, 3.05) is 67.2 Å². The van der Waals surface area contributed by atoms with Crippen molar-refractivity contribution < 1.29 is 14.0 Å². The molecule has 14 heteroatoms. The summed E-state index contributed by atoms with van der Waals surface area (Å²) in [5.41, 5.74) is 4.46. The molecule has 0 aromatic carbocycles. The highest BCUT2D eigenvalue weighted by atomic mass is 32.1. The number of hydrogen-bond acceptors (Lipinski definition) is 11. The van der Waals surface area contributed by atoms with Gasteiger partial charge in [0.25, 0.3) is 11.8 Å². The molecule has 2 fully saturated rings. The third-order valence-corrected chi connectivity index (χ3v) is 11.9. The van der Waals surface area contributed by atoms with Gasteiger partial charge in [0.2, 0.25) is 0 Å². The Morgan fingerprint density at radius 3 is 1.75 bits per heavy atom. The zero-order chi connectivity index (χ0) is 34.7. The molecular weight excluding hydrogens is 686 g/mol. The molecule has 2 amide bonds. The Kier molecular flexibility index (Phi) is 9.68. The van der Waals surface area contributed by atoms with E-state index in [1.54, 1.807) is 22.2 Å². The molecule has 262 valence electrons. The molecule has 0 unspecified atom stereocenters. The van der Waals surface area contributed by atoms with Gasteiger partial charge < -0.3 is 19.6 Å². The topological polar surface area (TPSA) is 112 Å². The molecule has 5 aromatic heterocycles. The predicted molar refractivity (Wildman–Crippen MR) is 199 cm³/mol. The molecular formula is C37H38FN9O2S2. The third kappa shape index (κ3) is 6.94. The van der Waals surface area contributed by atoms with E-state index in [2.05, 4.69) is 41.9 Å². The van der Waals surface area contributed by atoms with E-state index in [-0.39, 0.29) is 18.4 Å². The Bertz CT molecular complexity index is 1990. The lowest BCUT2D eigenvalue weighted by Crippen LogP contribution is -2.38. The number of fused-ring (bicyclic) bond motifs is 2. The first-order chi connectivity index (χ1) is 25.1. The number of pyridine rings is 3. The van der Waals surface area contributed by atoms with E-state index < -0.39 is 6.67 Å². The van der Waals surface area contributed by atoms with Crippen LogP contribution in [0.3, 0.4) is 0 Å². The number of carbonyl (C=O) groups is 2. The molecule has 9 rings (SSSR count). The smallest absolute Gasteiger partial charge is 0.270 e. The summed E-state index contributed by atoms with van der Waals surface area (Å²) in [5.74, 6) is 1.94. The lowest BCUT2D eigenvalue weighted by atomic mass is 10.1. The van der Waals surface area contributed by atoms with Crippen molar-refractivity contribution in [1.82, 2.24) is 29.8 Å². The highest BCUT2D eigenvalue weighted by molar-refractivity contribution is 7.17. The Balaban J connectivity index is 0.000000148. The van der Waals surface area contributed by atoms with E-state index in [4.69, 9.17) is 4.98 Å². The molecule has 9 heterocycles. The zero-order valence-corrected chi connectivity index (χ0v) is 29.8. The van der Waals surface area contributed by atoms with Crippen molar-refractivity contribution in [1.29, 1.82) is 0 Å². The number of halogens is 1. The number of amides is 2. The summed E-state index contributed by atoms with van der Waals surface area (Å²) in [6, 6.07) is 11.9. The molecule has 51 heavy (non-hydrogen) atoms. The first-order valence-corrected chi connectivity index (χ1v) is 19.2. The van der Waals surface area contributed by atoms with Gasteiger partial charge in [-0.25, -0.2) is 24.3 Å². The van der Waals surface area contributed by atoms with E-state index in [9.17, 15) is 14.0 Å². The second kappa shape index (κ2) is 14.8. The van der Waals surface area contributed by atoms with E-state index in [1.807, 2.05) is 36.7 Å². The van der Waals surface area contributed by atoms with Crippen LogP contribution in [-0.4, -0.2) is 94.1 Å². The predicted octanol–water partition coefficient (Wildman–Crippen LogP) is 6.18. The van der Waals surface area contributed by atoms with Crippen LogP contribution in [0.1, 0.15) is 56.4 Å². The fraction of sp³-hybridized carbons (Fsp3) is 0.378. The van der Waals surface area contributed by atoms with Gasteiger partial charge in [0.1, 0.15) is 38.1 Å². The fourth-order valence-electron chi connectivity index (χ4n) is 6.92. The molecule has 0 aliphatic carbocycles. The van der Waals surface area contributed by atoms with Crippen LogP contribution in [0.2, 0.25) is 0 Å². The van der Waals surface area contributed by atoms with Crippen molar-refractivity contribution >= 4 is 51.8 Å². The average Bonchev–Trinajstić information content (AvgIpc) is 4.01. The van der Waals surface area contributed by atoms with Crippen LogP contribution in [-0.2, 0) is 12.8 Å². The van der Waals surface area contributed by atoms with Gasteiger partial charge in [-0.1, -0.05) is 0 Å². The summed E-state index contributed by atoms with van der Waals surface area (Å²) in [6.45, 7) is 5.13. The minimum absolute atomic E-state index is 0.00893. The third-order valence-electron chi connectivity index (χ3n) is 9.67. The maximum atomic E-state index is 12.9. The first-order valence-electron chi connectivity index (χ1n) is 17.5. The number of nitrogens with zero attached hydrogens (tertiary/aromatic N) is 9. The van der Waals surface area contributed by atoms with Gasteiger partial charge in [0.15, 0.2) is 0 Å². The molecule has 4 aliphatic rings. The summed E-state index contributed by atoms with van der Waals surface area (Å²) in [6.07, 6.45) is 13.5. The zero-order valence-electron chi connectivity index (χ0n) is 28.2. The van der Waals surface area contributed by atoms with E-state index >= 15 is 0 Å². The highest BCUT2D eigenvalue weighted by Gasteiger charge is 2.30. The van der Waals surface area contributed by atoms with Gasteiger partial charge in [0.05, 0.1) is 23.3 Å². The van der Waals surface area contributed by atoms with E-state index in [1.165, 1.54) is 48.4 Å². The van der Waals surface area contributed by atoms with Crippen LogP contribution in [0.5, 0.6) is 0 Å². The number of aromatic nitrogens is 5. The molecule has 2 saturated heterocycles. The van der Waals surface area contributed by atoms with Gasteiger partial charge in [-0.15, -0.1) is 22.7 Å². The Labute approximate surface area is 303 Å². The van der Waals surface area contributed by atoms with Gasteiger partial charge in [-0.2, -0.15) is 0 Å². The second-order valence-corrected chi connectivity index (χ2v) is 14.9. The number of alkyl halides is 1. The summed E-state index contributed by atoms with van der Waals surface area (Å²) in [7, 11) is 0. The fourth-order valence-corrected chi connectivity index (χ4v) is 9.04. The Morgan fingerprint density at radius 1 is 0.667 bits per heavy atom. The molecule has 4 aliphatic heterocycles. The van der Waals surface area contributed by atoms with Crippen LogP contribution in [0, 0.1) is 0 Å². The number of rotatable bonds is 7. The molecule has 0 spiro atoms. The standard InChI is InChI=1S/C20H19N5OS.C17H19FN4OS/c26-20-18-16(7-11-25(20)15-4-3-8-21-13-15)23-19(27-18)14-5-6-17(22-12-14)24-9-1-2-10-24;18-6-10-22-9-5-13-15(17(22)23)24-16(20-13)12-3-4-14(19-11-12)21-7-1-2-8-21/h3-6,8,12-13H,1-2,7,9-11H2;3-4,11H,1-2,5-10H2. The van der Waals surface area contributed by atoms with Crippen LogP contribution < -0.4 is 14.7 Å². The first kappa shape index (κ1) is 33.3. The lowest BCUT2D eigenvalue weighted by Gasteiger charge is -2.25. The molecule has 0 saturated carbocycles. The van der Waals surface area contributed by atoms with E-state index in [0.29, 0.717) is 24.4 Å². The SMILES string of the molecule is O=C1c2sc(-c3ccc(N4CCCC4)nc3)nc2CCN1CCF.O=C1c2sc(-c3ccc(N4CCCC4)nc3)nc2CCN1c1cccnc1. The monoisotopic (exact) mass is 723 g/mol. The van der Waals surface area contributed by atoms with Gasteiger partial charge in [-0.05, 0) is 62.1 Å². The van der Waals surface area contributed by atoms with Gasteiger partial charge in [-0.3, -0.25) is 14.6 Å². The summed E-state index contributed by atoms with van der Waals surface area (Å²) in [4.78, 5) is 57.3. The maximum Gasteiger partial charge on any atom is 0.270 e.